The summed E-state index contributed by atoms with van der Waals surface area (Å²) in [5.74, 6) is 0.668. The number of benzene rings is 1. The van der Waals surface area contributed by atoms with Crippen LogP contribution in [0.15, 0.2) is 29.2 Å². The maximum Gasteiger partial charge on any atom is 0.416 e. The number of imidazole rings is 1. The van der Waals surface area contributed by atoms with Crippen LogP contribution < -0.4 is 11.5 Å². The Morgan fingerprint density at radius 1 is 1.10 bits per heavy atom. The molecule has 0 atom stereocenters. The number of piperidine rings is 1. The molecule has 0 unspecified atom stereocenters. The van der Waals surface area contributed by atoms with Gasteiger partial charge in [0.25, 0.3) is 0 Å². The van der Waals surface area contributed by atoms with Gasteiger partial charge in [0.15, 0.2) is 11.5 Å². The summed E-state index contributed by atoms with van der Waals surface area (Å²) in [6.07, 6.45) is -3.75. The predicted molar refractivity (Wildman–Crippen MR) is 103 cm³/mol. The molecule has 0 saturated carbocycles. The maximum absolute atomic E-state index is 12.9. The van der Waals surface area contributed by atoms with Gasteiger partial charge in [0, 0.05) is 19.0 Å². The summed E-state index contributed by atoms with van der Waals surface area (Å²) in [5.41, 5.74) is 11.2. The fraction of sp³-hybridized carbons (Fsp3) is 0.353. The molecule has 3 heterocycles. The number of rotatable bonds is 3. The third-order valence-corrected chi connectivity index (χ3v) is 6.95. The van der Waals surface area contributed by atoms with Gasteiger partial charge in [-0.2, -0.15) is 27.4 Å². The molecule has 0 amide bonds. The second-order valence-electron chi connectivity index (χ2n) is 6.99. The summed E-state index contributed by atoms with van der Waals surface area (Å²) in [4.78, 5) is 15.0. The topological polar surface area (TPSA) is 144 Å². The Kier molecular flexibility index (Phi) is 4.81. The van der Waals surface area contributed by atoms with Crippen molar-refractivity contribution in [2.75, 3.05) is 24.6 Å². The lowest BCUT2D eigenvalue weighted by Gasteiger charge is -2.30. The van der Waals surface area contributed by atoms with E-state index in [-0.39, 0.29) is 35.7 Å². The minimum Gasteiger partial charge on any atom is -0.382 e. The van der Waals surface area contributed by atoms with Crippen molar-refractivity contribution in [1.82, 2.24) is 24.2 Å². The summed E-state index contributed by atoms with van der Waals surface area (Å²) in [7, 11) is -4.04. The number of sulfonamides is 1. The molecule has 9 nitrogen and oxygen atoms in total. The summed E-state index contributed by atoms with van der Waals surface area (Å²) >= 11 is 0. The van der Waals surface area contributed by atoms with E-state index >= 15 is 0 Å². The van der Waals surface area contributed by atoms with Crippen molar-refractivity contribution in [3.63, 3.8) is 0 Å². The van der Waals surface area contributed by atoms with E-state index in [2.05, 4.69) is 19.9 Å². The standard InChI is InChI=1S/C17H18F3N7O2S/c18-17(19,20)10-2-1-3-11(8-10)30(28,29)27-6-4-9(5-7-27)14-23-12-13(21)24-16(22)26-15(12)25-14/h1-3,8-9H,4-7H2,(H5,21,22,23,24,25,26). The molecule has 0 radical (unpaired) electrons. The van der Waals surface area contributed by atoms with Gasteiger partial charge in [0.2, 0.25) is 16.0 Å². The highest BCUT2D eigenvalue weighted by Gasteiger charge is 2.35. The number of fused-ring (bicyclic) bond motifs is 1. The summed E-state index contributed by atoms with van der Waals surface area (Å²) in [6.45, 7) is 0.285. The van der Waals surface area contributed by atoms with Crippen LogP contribution in [0.2, 0.25) is 0 Å². The average Bonchev–Trinajstić information content (AvgIpc) is 3.12. The van der Waals surface area contributed by atoms with Crippen LogP contribution in [0, 0.1) is 0 Å². The van der Waals surface area contributed by atoms with Gasteiger partial charge in [-0.3, -0.25) is 0 Å². The minimum absolute atomic E-state index is 0.0000462. The largest absolute Gasteiger partial charge is 0.416 e. The molecular weight excluding hydrogens is 423 g/mol. The van der Waals surface area contributed by atoms with E-state index < -0.39 is 21.8 Å². The second-order valence-corrected chi connectivity index (χ2v) is 8.93. The third kappa shape index (κ3) is 3.65. The van der Waals surface area contributed by atoms with Crippen LogP contribution >= 0.6 is 0 Å². The molecule has 0 spiro atoms. The van der Waals surface area contributed by atoms with Crippen molar-refractivity contribution in [3.05, 3.63) is 35.7 Å². The lowest BCUT2D eigenvalue weighted by molar-refractivity contribution is -0.137. The highest BCUT2D eigenvalue weighted by Crippen LogP contribution is 2.33. The van der Waals surface area contributed by atoms with Crippen molar-refractivity contribution in [2.45, 2.75) is 29.8 Å². The minimum atomic E-state index is -4.62. The molecule has 5 N–H and O–H groups in total. The number of nitrogens with two attached hydrogens (primary N) is 2. The highest BCUT2D eigenvalue weighted by atomic mass is 32.2. The van der Waals surface area contributed by atoms with Crippen LogP contribution in [0.5, 0.6) is 0 Å². The van der Waals surface area contributed by atoms with Gasteiger partial charge < -0.3 is 16.5 Å². The first-order chi connectivity index (χ1) is 14.1. The average molecular weight is 441 g/mol. The van der Waals surface area contributed by atoms with E-state index in [1.54, 1.807) is 0 Å². The van der Waals surface area contributed by atoms with Crippen LogP contribution in [-0.2, 0) is 16.2 Å². The number of hydrogen-bond acceptors (Lipinski definition) is 7. The molecule has 0 aliphatic carbocycles. The first-order valence-corrected chi connectivity index (χ1v) is 10.5. The molecule has 1 fully saturated rings. The number of aromatic nitrogens is 4. The number of aromatic amines is 1. The van der Waals surface area contributed by atoms with Crippen molar-refractivity contribution in [2.24, 2.45) is 0 Å². The molecule has 1 saturated heterocycles. The Morgan fingerprint density at radius 2 is 1.80 bits per heavy atom. The SMILES string of the molecule is Nc1nc(N)c2[nH]c(C3CCN(S(=O)(=O)c4cccc(C(F)(F)F)c4)CC3)nc2n1. The molecule has 2 aromatic heterocycles. The predicted octanol–water partition coefficient (Wildman–Crippen LogP) is 2.10. The number of alkyl halides is 3. The second kappa shape index (κ2) is 7.09. The zero-order valence-electron chi connectivity index (χ0n) is 15.5. The van der Waals surface area contributed by atoms with Gasteiger partial charge in [-0.1, -0.05) is 6.07 Å². The normalized spacial score (nSPS) is 16.9. The van der Waals surface area contributed by atoms with Gasteiger partial charge in [-0.05, 0) is 31.0 Å². The van der Waals surface area contributed by atoms with Crippen molar-refractivity contribution in [3.8, 4) is 0 Å². The molecule has 3 aromatic rings. The quantitative estimate of drug-likeness (QED) is 0.565. The zero-order chi connectivity index (χ0) is 21.7. The van der Waals surface area contributed by atoms with Crippen LogP contribution in [0.1, 0.15) is 30.1 Å². The number of hydrogen-bond donors (Lipinski definition) is 3. The molecule has 1 aromatic carbocycles. The maximum atomic E-state index is 12.9. The molecule has 30 heavy (non-hydrogen) atoms. The van der Waals surface area contributed by atoms with Crippen molar-refractivity contribution in [1.29, 1.82) is 0 Å². The number of nitrogens with one attached hydrogen (secondary N) is 1. The number of H-pyrrole nitrogens is 1. The molecule has 1 aliphatic heterocycles. The number of halogens is 3. The summed E-state index contributed by atoms with van der Waals surface area (Å²) in [6, 6.07) is 3.76. The van der Waals surface area contributed by atoms with Crippen LogP contribution in [0.3, 0.4) is 0 Å². The van der Waals surface area contributed by atoms with E-state index in [9.17, 15) is 21.6 Å². The van der Waals surface area contributed by atoms with E-state index in [1.807, 2.05) is 0 Å². The molecule has 0 bridgehead atoms. The fourth-order valence-electron chi connectivity index (χ4n) is 3.50. The number of anilines is 2. The molecule has 4 rings (SSSR count). The Bertz CT molecular complexity index is 1200. The molecule has 13 heteroatoms. The van der Waals surface area contributed by atoms with Gasteiger partial charge in [0.05, 0.1) is 10.5 Å². The van der Waals surface area contributed by atoms with Crippen molar-refractivity contribution < 1.29 is 21.6 Å². The number of nitrogen functional groups attached to an aromatic ring is 2. The van der Waals surface area contributed by atoms with E-state index in [4.69, 9.17) is 11.5 Å². The molecule has 1 aliphatic rings. The van der Waals surface area contributed by atoms with Gasteiger partial charge >= 0.3 is 6.18 Å². The van der Waals surface area contributed by atoms with Gasteiger partial charge in [0.1, 0.15) is 11.3 Å². The highest BCUT2D eigenvalue weighted by molar-refractivity contribution is 7.89. The fourth-order valence-corrected chi connectivity index (χ4v) is 5.02. The van der Waals surface area contributed by atoms with Crippen LogP contribution in [0.25, 0.3) is 11.2 Å². The van der Waals surface area contributed by atoms with Crippen LogP contribution in [0.4, 0.5) is 24.9 Å². The lowest BCUT2D eigenvalue weighted by Crippen LogP contribution is -2.38. The van der Waals surface area contributed by atoms with E-state index in [1.165, 1.54) is 10.4 Å². The van der Waals surface area contributed by atoms with E-state index in [0.29, 0.717) is 35.9 Å². The Morgan fingerprint density at radius 3 is 2.47 bits per heavy atom. The lowest BCUT2D eigenvalue weighted by atomic mass is 9.97. The first-order valence-electron chi connectivity index (χ1n) is 9.01. The third-order valence-electron chi connectivity index (χ3n) is 5.05. The summed E-state index contributed by atoms with van der Waals surface area (Å²) in [5, 5.41) is 0. The molecule has 160 valence electrons. The molecular formula is C17H18F3N7O2S. The summed E-state index contributed by atoms with van der Waals surface area (Å²) < 4.78 is 65.6. The van der Waals surface area contributed by atoms with Crippen molar-refractivity contribution >= 4 is 33.0 Å². The zero-order valence-corrected chi connectivity index (χ0v) is 16.3. The Hall–Kier alpha value is -2.93. The monoisotopic (exact) mass is 441 g/mol. The Balaban J connectivity index is 1.52. The van der Waals surface area contributed by atoms with Gasteiger partial charge in [-0.25, -0.2) is 13.4 Å². The number of nitrogens with zero attached hydrogens (tertiary/aromatic N) is 4. The van der Waals surface area contributed by atoms with E-state index in [0.717, 1.165) is 12.1 Å². The van der Waals surface area contributed by atoms with Crippen LogP contribution in [-0.4, -0.2) is 45.7 Å². The first kappa shape index (κ1) is 20.3. The smallest absolute Gasteiger partial charge is 0.382 e. The van der Waals surface area contributed by atoms with Gasteiger partial charge in [-0.15, -0.1) is 0 Å². The Labute approximate surface area is 169 Å².